The van der Waals surface area contributed by atoms with E-state index >= 15 is 0 Å². The maximum absolute atomic E-state index is 13.2. The third-order valence-electron chi connectivity index (χ3n) is 4.33. The van der Waals surface area contributed by atoms with Crippen LogP contribution in [-0.2, 0) is 14.3 Å². The number of halogens is 2. The molecule has 6 heteroatoms. The van der Waals surface area contributed by atoms with E-state index in [9.17, 15) is 9.59 Å². The molecule has 0 unspecified atom stereocenters. The van der Waals surface area contributed by atoms with Gasteiger partial charge in [0.1, 0.15) is 0 Å². The van der Waals surface area contributed by atoms with Crippen molar-refractivity contribution in [3.8, 4) is 0 Å². The number of carbonyl (C=O) groups excluding carboxylic acids is 2. The summed E-state index contributed by atoms with van der Waals surface area (Å²) in [5.41, 5.74) is 3.15. The Morgan fingerprint density at radius 2 is 1.81 bits per heavy atom. The SMILES string of the molecule is COC(=O)C1=C(C)N(c2cccc(C)c2)C(=O)/C1=C\c1cccc(Cl)c1Cl. The van der Waals surface area contributed by atoms with Crippen LogP contribution in [0.2, 0.25) is 10.0 Å². The summed E-state index contributed by atoms with van der Waals surface area (Å²) in [5, 5.41) is 0.683. The Hall–Kier alpha value is -2.56. The number of hydrogen-bond acceptors (Lipinski definition) is 3. The number of methoxy groups -OCH3 is 1. The summed E-state index contributed by atoms with van der Waals surface area (Å²) in [5.74, 6) is -0.907. The third-order valence-corrected chi connectivity index (χ3v) is 5.16. The molecule has 0 radical (unpaired) electrons. The quantitative estimate of drug-likeness (QED) is 0.525. The molecule has 0 aromatic heterocycles. The Balaban J connectivity index is 2.19. The van der Waals surface area contributed by atoms with Crippen molar-refractivity contribution in [1.82, 2.24) is 0 Å². The number of aryl methyl sites for hydroxylation is 1. The number of nitrogens with zero attached hydrogens (tertiary/aromatic N) is 1. The molecule has 2 aromatic carbocycles. The largest absolute Gasteiger partial charge is 0.465 e. The maximum atomic E-state index is 13.2. The monoisotopic (exact) mass is 401 g/mol. The van der Waals surface area contributed by atoms with Crippen molar-refractivity contribution in [1.29, 1.82) is 0 Å². The van der Waals surface area contributed by atoms with E-state index in [-0.39, 0.29) is 17.1 Å². The van der Waals surface area contributed by atoms with Crippen molar-refractivity contribution in [2.75, 3.05) is 12.0 Å². The average molecular weight is 402 g/mol. The number of esters is 1. The Bertz CT molecular complexity index is 1010. The summed E-state index contributed by atoms with van der Waals surface area (Å²) >= 11 is 12.3. The van der Waals surface area contributed by atoms with Gasteiger partial charge in [-0.1, -0.05) is 47.5 Å². The van der Waals surface area contributed by atoms with E-state index in [1.165, 1.54) is 12.0 Å². The van der Waals surface area contributed by atoms with Crippen LogP contribution in [0.4, 0.5) is 5.69 Å². The molecule has 0 aliphatic carbocycles. The minimum Gasteiger partial charge on any atom is -0.465 e. The lowest BCUT2D eigenvalue weighted by atomic mass is 10.0. The van der Waals surface area contributed by atoms with Gasteiger partial charge in [0.05, 0.1) is 28.3 Å². The summed E-state index contributed by atoms with van der Waals surface area (Å²) in [6, 6.07) is 12.6. The first kappa shape index (κ1) is 19.2. The molecule has 1 aliphatic heterocycles. The van der Waals surface area contributed by atoms with Crippen LogP contribution in [0, 0.1) is 6.92 Å². The number of ether oxygens (including phenoxy) is 1. The van der Waals surface area contributed by atoms with Crippen molar-refractivity contribution in [3.05, 3.63) is 80.5 Å². The molecule has 1 heterocycles. The van der Waals surface area contributed by atoms with Gasteiger partial charge in [-0.15, -0.1) is 0 Å². The number of amides is 1. The first-order valence-corrected chi connectivity index (χ1v) is 8.97. The molecule has 3 rings (SSSR count). The standard InChI is InChI=1S/C21H17Cl2NO3/c1-12-6-4-8-15(10-12)24-13(2)18(21(26)27-3)16(20(24)25)11-14-7-5-9-17(22)19(14)23/h4-11H,1-3H3/b16-11-. The number of rotatable bonds is 3. The summed E-state index contributed by atoms with van der Waals surface area (Å²) in [7, 11) is 1.28. The van der Waals surface area contributed by atoms with Gasteiger partial charge < -0.3 is 4.74 Å². The van der Waals surface area contributed by atoms with Gasteiger partial charge in [0.15, 0.2) is 0 Å². The Morgan fingerprint density at radius 1 is 1.11 bits per heavy atom. The van der Waals surface area contributed by atoms with Crippen LogP contribution < -0.4 is 4.90 Å². The van der Waals surface area contributed by atoms with Gasteiger partial charge in [-0.05, 0) is 49.2 Å². The van der Waals surface area contributed by atoms with E-state index in [0.29, 0.717) is 27.0 Å². The molecular weight excluding hydrogens is 385 g/mol. The summed E-state index contributed by atoms with van der Waals surface area (Å²) in [6.07, 6.45) is 1.57. The van der Waals surface area contributed by atoms with Crippen LogP contribution in [0.15, 0.2) is 59.3 Å². The summed E-state index contributed by atoms with van der Waals surface area (Å²) in [6.45, 7) is 3.65. The Morgan fingerprint density at radius 3 is 2.48 bits per heavy atom. The zero-order valence-electron chi connectivity index (χ0n) is 15.0. The van der Waals surface area contributed by atoms with E-state index in [4.69, 9.17) is 27.9 Å². The van der Waals surface area contributed by atoms with E-state index in [1.807, 2.05) is 31.2 Å². The molecule has 0 atom stereocenters. The van der Waals surface area contributed by atoms with Gasteiger partial charge in [-0.3, -0.25) is 9.69 Å². The number of anilines is 1. The highest BCUT2D eigenvalue weighted by atomic mass is 35.5. The van der Waals surface area contributed by atoms with Crippen LogP contribution in [-0.4, -0.2) is 19.0 Å². The second-order valence-corrected chi connectivity index (χ2v) is 6.92. The van der Waals surface area contributed by atoms with Crippen molar-refractivity contribution in [2.45, 2.75) is 13.8 Å². The maximum Gasteiger partial charge on any atom is 0.340 e. The molecule has 0 N–H and O–H groups in total. The smallest absolute Gasteiger partial charge is 0.340 e. The number of allylic oxidation sites excluding steroid dienone is 1. The lowest BCUT2D eigenvalue weighted by Crippen LogP contribution is -2.24. The van der Waals surface area contributed by atoms with Gasteiger partial charge in [0.25, 0.3) is 5.91 Å². The summed E-state index contributed by atoms with van der Waals surface area (Å²) < 4.78 is 4.91. The Kier molecular flexibility index (Phi) is 5.40. The molecule has 1 aliphatic rings. The van der Waals surface area contributed by atoms with Crippen LogP contribution in [0.1, 0.15) is 18.1 Å². The average Bonchev–Trinajstić information content (AvgIpc) is 2.88. The molecule has 27 heavy (non-hydrogen) atoms. The highest BCUT2D eigenvalue weighted by molar-refractivity contribution is 6.43. The lowest BCUT2D eigenvalue weighted by molar-refractivity contribution is -0.136. The topological polar surface area (TPSA) is 46.6 Å². The van der Waals surface area contributed by atoms with Gasteiger partial charge in [-0.2, -0.15) is 0 Å². The minimum absolute atomic E-state index is 0.208. The molecule has 1 amide bonds. The van der Waals surface area contributed by atoms with E-state index in [1.54, 1.807) is 31.2 Å². The minimum atomic E-state index is -0.583. The van der Waals surface area contributed by atoms with Gasteiger partial charge in [0.2, 0.25) is 0 Å². The van der Waals surface area contributed by atoms with Crippen LogP contribution >= 0.6 is 23.2 Å². The molecule has 0 saturated carbocycles. The fourth-order valence-electron chi connectivity index (χ4n) is 3.05. The second kappa shape index (κ2) is 7.59. The predicted molar refractivity (Wildman–Crippen MR) is 108 cm³/mol. The number of benzene rings is 2. The van der Waals surface area contributed by atoms with Crippen molar-refractivity contribution in [2.24, 2.45) is 0 Å². The molecule has 0 saturated heterocycles. The predicted octanol–water partition coefficient (Wildman–Crippen LogP) is 5.18. The summed E-state index contributed by atoms with van der Waals surface area (Å²) in [4.78, 5) is 27.1. The molecule has 138 valence electrons. The fourth-order valence-corrected chi connectivity index (χ4v) is 3.41. The van der Waals surface area contributed by atoms with Crippen molar-refractivity contribution >= 4 is 46.8 Å². The van der Waals surface area contributed by atoms with Crippen LogP contribution in [0.5, 0.6) is 0 Å². The van der Waals surface area contributed by atoms with E-state index in [2.05, 4.69) is 0 Å². The Labute approximate surface area is 167 Å². The van der Waals surface area contributed by atoms with E-state index in [0.717, 1.165) is 5.56 Å². The molecule has 4 nitrogen and oxygen atoms in total. The molecule has 2 aromatic rings. The highest BCUT2D eigenvalue weighted by Gasteiger charge is 2.38. The number of hydrogen-bond donors (Lipinski definition) is 0. The molecule has 0 spiro atoms. The van der Waals surface area contributed by atoms with Gasteiger partial charge in [-0.25, -0.2) is 4.79 Å². The van der Waals surface area contributed by atoms with Crippen molar-refractivity contribution in [3.63, 3.8) is 0 Å². The normalized spacial score (nSPS) is 15.7. The van der Waals surface area contributed by atoms with Crippen LogP contribution in [0.25, 0.3) is 6.08 Å². The fraction of sp³-hybridized carbons (Fsp3) is 0.143. The molecule has 0 fully saturated rings. The van der Waals surface area contributed by atoms with E-state index < -0.39 is 5.97 Å². The zero-order valence-corrected chi connectivity index (χ0v) is 16.6. The second-order valence-electron chi connectivity index (χ2n) is 6.13. The van der Waals surface area contributed by atoms with Gasteiger partial charge >= 0.3 is 5.97 Å². The van der Waals surface area contributed by atoms with Crippen molar-refractivity contribution < 1.29 is 14.3 Å². The number of carbonyl (C=O) groups is 2. The molecule has 0 bridgehead atoms. The highest BCUT2D eigenvalue weighted by Crippen LogP contribution is 2.37. The molecular formula is C21H17Cl2NO3. The zero-order chi connectivity index (χ0) is 19.7. The first-order valence-electron chi connectivity index (χ1n) is 8.21. The lowest BCUT2D eigenvalue weighted by Gasteiger charge is -2.18. The van der Waals surface area contributed by atoms with Gasteiger partial charge in [0, 0.05) is 11.4 Å². The third kappa shape index (κ3) is 3.51. The first-order chi connectivity index (χ1) is 12.8. The van der Waals surface area contributed by atoms with Crippen LogP contribution in [0.3, 0.4) is 0 Å².